The van der Waals surface area contributed by atoms with Crippen molar-refractivity contribution in [1.82, 2.24) is 10.2 Å². The zero-order valence-electron chi connectivity index (χ0n) is 12.2. The van der Waals surface area contributed by atoms with Gasteiger partial charge < -0.3 is 10.0 Å². The average Bonchev–Trinajstić information content (AvgIpc) is 2.50. The molecule has 0 fully saturated rings. The van der Waals surface area contributed by atoms with Crippen molar-refractivity contribution < 1.29 is 5.11 Å². The SMILES string of the molecule is Cc1nnc(N(CCO)Cc2ccccc2)c(C#N)c1C. The number of nitriles is 1. The summed E-state index contributed by atoms with van der Waals surface area (Å²) in [6.45, 7) is 4.67. The second-order valence-corrected chi connectivity index (χ2v) is 4.85. The lowest BCUT2D eigenvalue weighted by molar-refractivity contribution is 0.301. The van der Waals surface area contributed by atoms with Crippen LogP contribution in [0.15, 0.2) is 30.3 Å². The minimum atomic E-state index is -0.00763. The van der Waals surface area contributed by atoms with E-state index >= 15 is 0 Å². The highest BCUT2D eigenvalue weighted by Crippen LogP contribution is 2.22. The number of aromatic nitrogens is 2. The Morgan fingerprint density at radius 1 is 1.19 bits per heavy atom. The third kappa shape index (κ3) is 3.36. The highest BCUT2D eigenvalue weighted by Gasteiger charge is 2.17. The maximum absolute atomic E-state index is 9.40. The minimum absolute atomic E-state index is 0.00763. The molecule has 1 N–H and O–H groups in total. The van der Waals surface area contributed by atoms with Crippen LogP contribution in [0.2, 0.25) is 0 Å². The first-order valence-corrected chi connectivity index (χ1v) is 6.81. The molecule has 1 aromatic carbocycles. The number of aryl methyl sites for hydroxylation is 1. The van der Waals surface area contributed by atoms with Crippen molar-refractivity contribution in [3.8, 4) is 6.07 Å². The van der Waals surface area contributed by atoms with Crippen molar-refractivity contribution in [2.24, 2.45) is 0 Å². The predicted octanol–water partition coefficient (Wildman–Crippen LogP) is 1.96. The zero-order valence-corrected chi connectivity index (χ0v) is 12.2. The van der Waals surface area contributed by atoms with Crippen molar-refractivity contribution in [2.45, 2.75) is 20.4 Å². The molecule has 0 saturated carbocycles. The smallest absolute Gasteiger partial charge is 0.169 e. The van der Waals surface area contributed by atoms with E-state index in [4.69, 9.17) is 0 Å². The van der Waals surface area contributed by atoms with E-state index in [1.54, 1.807) is 0 Å². The van der Waals surface area contributed by atoms with E-state index in [-0.39, 0.29) is 6.61 Å². The largest absolute Gasteiger partial charge is 0.395 e. The Morgan fingerprint density at radius 3 is 2.52 bits per heavy atom. The van der Waals surface area contributed by atoms with E-state index < -0.39 is 0 Å². The number of aliphatic hydroxyl groups excluding tert-OH is 1. The summed E-state index contributed by atoms with van der Waals surface area (Å²) in [5, 5.41) is 27.0. The number of hydrogen-bond donors (Lipinski definition) is 1. The van der Waals surface area contributed by atoms with E-state index in [0.29, 0.717) is 24.5 Å². The normalized spacial score (nSPS) is 10.2. The molecule has 0 aliphatic carbocycles. The fourth-order valence-electron chi connectivity index (χ4n) is 2.14. The summed E-state index contributed by atoms with van der Waals surface area (Å²) in [6.07, 6.45) is 0. The van der Waals surface area contributed by atoms with Gasteiger partial charge in [-0.15, -0.1) is 5.10 Å². The van der Waals surface area contributed by atoms with Crippen LogP contribution >= 0.6 is 0 Å². The maximum Gasteiger partial charge on any atom is 0.169 e. The lowest BCUT2D eigenvalue weighted by atomic mass is 10.1. The summed E-state index contributed by atoms with van der Waals surface area (Å²) < 4.78 is 0. The van der Waals surface area contributed by atoms with Crippen molar-refractivity contribution >= 4 is 5.82 Å². The van der Waals surface area contributed by atoms with Gasteiger partial charge in [-0.2, -0.15) is 10.4 Å². The lowest BCUT2D eigenvalue weighted by Crippen LogP contribution is -2.28. The first kappa shape index (κ1) is 14.9. The van der Waals surface area contributed by atoms with E-state index in [1.807, 2.05) is 49.1 Å². The fraction of sp³-hybridized carbons (Fsp3) is 0.312. The summed E-state index contributed by atoms with van der Waals surface area (Å²) in [5.74, 6) is 0.526. The van der Waals surface area contributed by atoms with E-state index in [9.17, 15) is 10.4 Å². The average molecular weight is 282 g/mol. The van der Waals surface area contributed by atoms with Gasteiger partial charge >= 0.3 is 0 Å². The van der Waals surface area contributed by atoms with Crippen LogP contribution < -0.4 is 4.90 Å². The Bertz CT molecular complexity index is 649. The first-order valence-electron chi connectivity index (χ1n) is 6.81. The van der Waals surface area contributed by atoms with Gasteiger partial charge in [0.05, 0.1) is 12.3 Å². The molecule has 5 heteroatoms. The molecule has 0 amide bonds. The van der Waals surface area contributed by atoms with Crippen molar-refractivity contribution in [2.75, 3.05) is 18.1 Å². The summed E-state index contributed by atoms with van der Waals surface area (Å²) in [6, 6.07) is 12.1. The third-order valence-corrected chi connectivity index (χ3v) is 3.43. The molecular formula is C16H18N4O. The summed E-state index contributed by atoms with van der Waals surface area (Å²) in [7, 11) is 0. The van der Waals surface area contributed by atoms with Crippen molar-refractivity contribution in [3.05, 3.63) is 52.7 Å². The molecule has 0 bridgehead atoms. The van der Waals surface area contributed by atoms with Crippen LogP contribution in [0.5, 0.6) is 0 Å². The Kier molecular flexibility index (Phi) is 4.85. The molecule has 0 radical (unpaired) electrons. The van der Waals surface area contributed by atoms with Crippen LogP contribution in [-0.4, -0.2) is 28.5 Å². The first-order chi connectivity index (χ1) is 10.2. The van der Waals surface area contributed by atoms with Crippen molar-refractivity contribution in [1.29, 1.82) is 5.26 Å². The van der Waals surface area contributed by atoms with Crippen LogP contribution in [0.4, 0.5) is 5.82 Å². The molecule has 1 heterocycles. The number of aliphatic hydroxyl groups is 1. The summed E-state index contributed by atoms with van der Waals surface area (Å²) >= 11 is 0. The minimum Gasteiger partial charge on any atom is -0.395 e. The molecule has 1 aromatic heterocycles. The highest BCUT2D eigenvalue weighted by atomic mass is 16.3. The van der Waals surface area contributed by atoms with Gasteiger partial charge in [-0.1, -0.05) is 30.3 Å². The Labute approximate surface area is 124 Å². The van der Waals surface area contributed by atoms with Crippen LogP contribution in [0, 0.1) is 25.2 Å². The fourth-order valence-corrected chi connectivity index (χ4v) is 2.14. The van der Waals surface area contributed by atoms with Crippen LogP contribution in [-0.2, 0) is 6.54 Å². The lowest BCUT2D eigenvalue weighted by Gasteiger charge is -2.24. The molecule has 5 nitrogen and oxygen atoms in total. The van der Waals surface area contributed by atoms with Gasteiger partial charge in [0.1, 0.15) is 11.6 Å². The van der Waals surface area contributed by atoms with Gasteiger partial charge in [0.2, 0.25) is 0 Å². The maximum atomic E-state index is 9.40. The molecule has 21 heavy (non-hydrogen) atoms. The zero-order chi connectivity index (χ0) is 15.2. The molecular weight excluding hydrogens is 264 g/mol. The predicted molar refractivity (Wildman–Crippen MR) is 80.8 cm³/mol. The number of rotatable bonds is 5. The van der Waals surface area contributed by atoms with Gasteiger partial charge in [-0.05, 0) is 25.0 Å². The van der Waals surface area contributed by atoms with E-state index in [2.05, 4.69) is 16.3 Å². The molecule has 108 valence electrons. The Balaban J connectivity index is 2.39. The monoisotopic (exact) mass is 282 g/mol. The molecule has 0 spiro atoms. The number of nitrogens with zero attached hydrogens (tertiary/aromatic N) is 4. The summed E-state index contributed by atoms with van der Waals surface area (Å²) in [4.78, 5) is 1.88. The van der Waals surface area contributed by atoms with Crippen LogP contribution in [0.25, 0.3) is 0 Å². The van der Waals surface area contributed by atoms with Crippen LogP contribution in [0.1, 0.15) is 22.4 Å². The molecule has 2 rings (SSSR count). The Morgan fingerprint density at radius 2 is 1.90 bits per heavy atom. The van der Waals surface area contributed by atoms with Gasteiger partial charge in [-0.25, -0.2) is 0 Å². The Hall–Kier alpha value is -2.45. The molecule has 0 aliphatic rings. The van der Waals surface area contributed by atoms with E-state index in [0.717, 1.165) is 16.8 Å². The second kappa shape index (κ2) is 6.82. The van der Waals surface area contributed by atoms with Gasteiger partial charge in [-0.3, -0.25) is 0 Å². The standard InChI is InChI=1S/C16H18N4O/c1-12-13(2)18-19-16(15(12)10-17)20(8-9-21)11-14-6-4-3-5-7-14/h3-7,21H,8-9,11H2,1-2H3. The third-order valence-electron chi connectivity index (χ3n) is 3.43. The van der Waals surface area contributed by atoms with Crippen molar-refractivity contribution in [3.63, 3.8) is 0 Å². The second-order valence-electron chi connectivity index (χ2n) is 4.85. The summed E-state index contributed by atoms with van der Waals surface area (Å²) in [5.41, 5.74) is 3.19. The molecule has 0 aliphatic heterocycles. The molecule has 0 saturated heterocycles. The highest BCUT2D eigenvalue weighted by molar-refractivity contribution is 5.57. The molecule has 0 unspecified atom stereocenters. The topological polar surface area (TPSA) is 73.0 Å². The van der Waals surface area contributed by atoms with E-state index in [1.165, 1.54) is 0 Å². The van der Waals surface area contributed by atoms with Gasteiger partial charge in [0.25, 0.3) is 0 Å². The molecule has 0 atom stereocenters. The van der Waals surface area contributed by atoms with Crippen LogP contribution in [0.3, 0.4) is 0 Å². The number of benzene rings is 1. The van der Waals surface area contributed by atoms with Gasteiger partial charge in [0.15, 0.2) is 5.82 Å². The number of hydrogen-bond acceptors (Lipinski definition) is 5. The molecule has 2 aromatic rings. The number of anilines is 1. The quantitative estimate of drug-likeness (QED) is 0.907. The van der Waals surface area contributed by atoms with Gasteiger partial charge in [0, 0.05) is 13.1 Å².